The van der Waals surface area contributed by atoms with Gasteiger partial charge in [0.05, 0.1) is 0 Å². The zero-order valence-corrected chi connectivity index (χ0v) is 23.5. The molecular weight excluding hydrogens is 563 g/mol. The second kappa shape index (κ2) is 10.3. The van der Waals surface area contributed by atoms with E-state index in [1.165, 1.54) is 33.7 Å². The Morgan fingerprint density at radius 1 is 0.943 bits per heavy atom. The summed E-state index contributed by atoms with van der Waals surface area (Å²) < 4.78 is 2.37. The van der Waals surface area contributed by atoms with Crippen LogP contribution in [-0.2, 0) is 0 Å². The Balaban J connectivity index is 1.17. The number of aromatic nitrogens is 5. The van der Waals surface area contributed by atoms with Crippen molar-refractivity contribution in [3.63, 3.8) is 0 Å². The van der Waals surface area contributed by atoms with E-state index in [2.05, 4.69) is 66.6 Å². The van der Waals surface area contributed by atoms with Gasteiger partial charge in [-0.3, -0.25) is 0 Å². The average molecular weight is 591 g/mol. The third-order valence-corrected chi connectivity index (χ3v) is 11.7. The SMILES string of the molecule is CN1CCN(c2cncc(Nc3cnc4cc[c]([Sn][c]5nnc(C6CCCC6)s5)nc4c3)c2)CC1. The number of fused-ring (bicyclic) bond motifs is 1. The van der Waals surface area contributed by atoms with Crippen molar-refractivity contribution >= 4 is 67.3 Å². The zero-order valence-electron chi connectivity index (χ0n) is 19.8. The molecule has 2 aliphatic rings. The van der Waals surface area contributed by atoms with Crippen molar-refractivity contribution < 1.29 is 0 Å². The van der Waals surface area contributed by atoms with Crippen molar-refractivity contribution in [2.24, 2.45) is 0 Å². The fourth-order valence-electron chi connectivity index (χ4n) is 4.78. The molecule has 178 valence electrons. The molecule has 0 bridgehead atoms. The van der Waals surface area contributed by atoms with E-state index in [0.717, 1.165) is 58.0 Å². The topological polar surface area (TPSA) is 83.0 Å². The van der Waals surface area contributed by atoms with Gasteiger partial charge in [0.15, 0.2) is 0 Å². The average Bonchev–Trinajstić information content (AvgIpc) is 3.57. The fourth-order valence-corrected chi connectivity index (χ4v) is 9.52. The second-order valence-corrected chi connectivity index (χ2v) is 14.9. The van der Waals surface area contributed by atoms with Crippen LogP contribution >= 0.6 is 11.3 Å². The van der Waals surface area contributed by atoms with Crippen molar-refractivity contribution in [1.82, 2.24) is 30.0 Å². The van der Waals surface area contributed by atoms with Gasteiger partial charge in [0.1, 0.15) is 0 Å². The number of hydrogen-bond donors (Lipinski definition) is 1. The van der Waals surface area contributed by atoms with E-state index in [4.69, 9.17) is 4.98 Å². The molecule has 0 unspecified atom stereocenters. The van der Waals surface area contributed by atoms with Gasteiger partial charge in [-0.15, -0.1) is 0 Å². The molecule has 1 saturated carbocycles. The molecule has 2 radical (unpaired) electrons. The molecular formula is C25H28N8SSn. The molecule has 0 aromatic carbocycles. The summed E-state index contributed by atoms with van der Waals surface area (Å²) in [6, 6.07) is 8.45. The van der Waals surface area contributed by atoms with E-state index in [1.54, 1.807) is 0 Å². The molecule has 1 aliphatic carbocycles. The first-order valence-corrected chi connectivity index (χ1v) is 15.9. The number of piperazine rings is 1. The minimum absolute atomic E-state index is 0.632. The molecule has 2 fully saturated rings. The molecule has 6 rings (SSSR count). The summed E-state index contributed by atoms with van der Waals surface area (Å²) in [6.07, 6.45) is 10.9. The van der Waals surface area contributed by atoms with Crippen molar-refractivity contribution in [3.05, 3.63) is 47.9 Å². The predicted molar refractivity (Wildman–Crippen MR) is 143 cm³/mol. The molecule has 0 amide bonds. The van der Waals surface area contributed by atoms with E-state index in [-0.39, 0.29) is 0 Å². The standard InChI is InChI=1S/C18H19N6.C7H9N2S.Sn/c1-23-5-7-24(8-6-23)16-9-14(11-19-13-16)22-15-10-18-17(21-12-15)3-2-4-20-18;1-2-4-6(3-1)7-9-8-5-10-7;/h2-3,9-13,22H,5-8H2,1H3;6H,1-4H2;. The summed E-state index contributed by atoms with van der Waals surface area (Å²) in [5, 5.41) is 13.7. The van der Waals surface area contributed by atoms with Crippen LogP contribution < -0.4 is 17.0 Å². The molecule has 0 atom stereocenters. The molecule has 8 nitrogen and oxygen atoms in total. The zero-order chi connectivity index (χ0) is 23.6. The molecule has 4 aromatic heterocycles. The predicted octanol–water partition coefficient (Wildman–Crippen LogP) is 2.68. The van der Waals surface area contributed by atoms with Crippen LogP contribution in [0.4, 0.5) is 17.1 Å². The molecule has 1 saturated heterocycles. The van der Waals surface area contributed by atoms with Crippen molar-refractivity contribution in [2.75, 3.05) is 43.4 Å². The van der Waals surface area contributed by atoms with E-state index >= 15 is 0 Å². The third kappa shape index (κ3) is 5.41. The quantitative estimate of drug-likeness (QED) is 0.343. The van der Waals surface area contributed by atoms with E-state index in [1.807, 2.05) is 29.9 Å². The summed E-state index contributed by atoms with van der Waals surface area (Å²) in [5.74, 6) is 0.632. The van der Waals surface area contributed by atoms with Crippen LogP contribution in [0, 0.1) is 0 Å². The normalized spacial score (nSPS) is 17.3. The maximum atomic E-state index is 4.96. The number of pyridine rings is 3. The Morgan fingerprint density at radius 2 is 1.77 bits per heavy atom. The van der Waals surface area contributed by atoms with Gasteiger partial charge >= 0.3 is 208 Å². The first-order valence-electron chi connectivity index (χ1n) is 12.2. The van der Waals surface area contributed by atoms with Gasteiger partial charge in [-0.1, -0.05) is 0 Å². The van der Waals surface area contributed by atoms with E-state index in [9.17, 15) is 0 Å². The monoisotopic (exact) mass is 592 g/mol. The summed E-state index contributed by atoms with van der Waals surface area (Å²) in [5.41, 5.74) is 4.86. The maximum absolute atomic E-state index is 4.96. The van der Waals surface area contributed by atoms with Gasteiger partial charge in [0.2, 0.25) is 0 Å². The minimum atomic E-state index is -1.08. The Bertz CT molecular complexity index is 1310. The molecule has 5 heterocycles. The van der Waals surface area contributed by atoms with Gasteiger partial charge in [-0.05, 0) is 7.05 Å². The summed E-state index contributed by atoms with van der Waals surface area (Å²) in [4.78, 5) is 18.8. The summed E-state index contributed by atoms with van der Waals surface area (Å²) in [6.45, 7) is 4.19. The molecule has 10 heteroatoms. The molecule has 4 aromatic rings. The Morgan fingerprint density at radius 3 is 2.63 bits per heavy atom. The van der Waals surface area contributed by atoms with Crippen LogP contribution in [0.3, 0.4) is 0 Å². The van der Waals surface area contributed by atoms with Crippen LogP contribution in [0.25, 0.3) is 11.0 Å². The van der Waals surface area contributed by atoms with Gasteiger partial charge < -0.3 is 4.90 Å². The van der Waals surface area contributed by atoms with E-state index < -0.39 is 21.1 Å². The second-order valence-electron chi connectivity index (χ2n) is 9.36. The van der Waals surface area contributed by atoms with Gasteiger partial charge in [-0.25, -0.2) is 0 Å². The van der Waals surface area contributed by atoms with Crippen molar-refractivity contribution in [1.29, 1.82) is 0 Å². The first-order chi connectivity index (χ1) is 17.2. The van der Waals surface area contributed by atoms with Crippen LogP contribution in [0.5, 0.6) is 0 Å². The van der Waals surface area contributed by atoms with Gasteiger partial charge in [0.25, 0.3) is 0 Å². The Kier molecular flexibility index (Phi) is 6.80. The Labute approximate surface area is 219 Å². The van der Waals surface area contributed by atoms with Crippen LogP contribution in [0.15, 0.2) is 42.9 Å². The Hall–Kier alpha value is -2.37. The molecule has 1 N–H and O–H groups in total. The third-order valence-electron chi connectivity index (χ3n) is 6.80. The van der Waals surface area contributed by atoms with Crippen LogP contribution in [0.2, 0.25) is 0 Å². The fraction of sp³-hybridized carbons (Fsp3) is 0.400. The number of anilines is 3. The number of rotatable bonds is 6. The number of nitrogens with one attached hydrogen (secondary N) is 1. The van der Waals surface area contributed by atoms with Crippen molar-refractivity contribution in [3.8, 4) is 0 Å². The first kappa shape index (κ1) is 23.1. The van der Waals surface area contributed by atoms with Crippen LogP contribution in [-0.4, -0.2) is 84.4 Å². The van der Waals surface area contributed by atoms with Crippen LogP contribution in [0.1, 0.15) is 36.6 Å². The molecule has 35 heavy (non-hydrogen) atoms. The van der Waals surface area contributed by atoms with Crippen molar-refractivity contribution in [2.45, 2.75) is 31.6 Å². The number of likely N-dealkylation sites (N-methyl/N-ethyl adjacent to an activating group) is 1. The molecule has 1 aliphatic heterocycles. The van der Waals surface area contributed by atoms with Gasteiger partial charge in [0, 0.05) is 0 Å². The van der Waals surface area contributed by atoms with Gasteiger partial charge in [-0.2, -0.15) is 0 Å². The van der Waals surface area contributed by atoms with E-state index in [0.29, 0.717) is 5.92 Å². The summed E-state index contributed by atoms with van der Waals surface area (Å²) in [7, 11) is 2.17. The number of nitrogens with zero attached hydrogens (tertiary/aromatic N) is 7. The number of hydrogen-bond acceptors (Lipinski definition) is 9. The molecule has 0 spiro atoms. The summed E-state index contributed by atoms with van der Waals surface area (Å²) >= 11 is 0.742.